The van der Waals surface area contributed by atoms with Crippen LogP contribution in [0.25, 0.3) is 0 Å². The van der Waals surface area contributed by atoms with E-state index >= 15 is 0 Å². The molecule has 2 aliphatic heterocycles. The second-order valence-corrected chi connectivity index (χ2v) is 10.4. The lowest BCUT2D eigenvalue weighted by Gasteiger charge is -2.36. The fourth-order valence-corrected chi connectivity index (χ4v) is 6.59. The summed E-state index contributed by atoms with van der Waals surface area (Å²) in [6.07, 6.45) is 4.96. The van der Waals surface area contributed by atoms with E-state index in [0.717, 1.165) is 36.1 Å². The maximum absolute atomic E-state index is 13.7. The largest absolute Gasteiger partial charge is 0.312 e. The van der Waals surface area contributed by atoms with E-state index in [-0.39, 0.29) is 28.6 Å². The molecule has 2 aromatic carbocycles. The van der Waals surface area contributed by atoms with Crippen LogP contribution in [0.5, 0.6) is 0 Å². The van der Waals surface area contributed by atoms with Crippen molar-refractivity contribution >= 4 is 27.3 Å². The quantitative estimate of drug-likeness (QED) is 0.741. The van der Waals surface area contributed by atoms with Gasteiger partial charge in [0.1, 0.15) is 5.82 Å². The zero-order valence-corrected chi connectivity index (χ0v) is 17.8. The van der Waals surface area contributed by atoms with Gasteiger partial charge in [0.2, 0.25) is 5.91 Å². The number of benzene rings is 2. The smallest absolute Gasteiger partial charge is 0.264 e. The van der Waals surface area contributed by atoms with Crippen molar-refractivity contribution in [1.29, 1.82) is 0 Å². The molecule has 2 aromatic rings. The number of halogens is 1. The van der Waals surface area contributed by atoms with Crippen molar-refractivity contribution in [2.75, 3.05) is 15.7 Å². The summed E-state index contributed by atoms with van der Waals surface area (Å²) in [4.78, 5) is 14.7. The van der Waals surface area contributed by atoms with E-state index < -0.39 is 10.0 Å². The van der Waals surface area contributed by atoms with Crippen LogP contribution in [0.2, 0.25) is 0 Å². The van der Waals surface area contributed by atoms with Crippen molar-refractivity contribution in [2.45, 2.75) is 56.4 Å². The lowest BCUT2D eigenvalue weighted by molar-refractivity contribution is -0.124. The van der Waals surface area contributed by atoms with E-state index in [1.54, 1.807) is 24.3 Å². The molecule has 0 N–H and O–H groups in total. The van der Waals surface area contributed by atoms with Gasteiger partial charge in [-0.05, 0) is 86.6 Å². The SMILES string of the molecule is CC1CCc2cc(F)ccc2N1S(=O)(=O)c1ccc2c(c1)CCN2C(=O)C1CCC1. The van der Waals surface area contributed by atoms with Crippen LogP contribution in [0.4, 0.5) is 15.8 Å². The van der Waals surface area contributed by atoms with E-state index in [0.29, 0.717) is 31.5 Å². The monoisotopic (exact) mass is 428 g/mol. The number of carbonyl (C=O) groups excluding carboxylic acids is 1. The van der Waals surface area contributed by atoms with Gasteiger partial charge in [-0.15, -0.1) is 0 Å². The van der Waals surface area contributed by atoms with Crippen LogP contribution in [0.1, 0.15) is 43.7 Å². The lowest BCUT2D eigenvalue weighted by atomic mass is 9.84. The van der Waals surface area contributed by atoms with Crippen molar-refractivity contribution in [2.24, 2.45) is 5.92 Å². The highest BCUT2D eigenvalue weighted by molar-refractivity contribution is 7.92. The average Bonchev–Trinajstić information content (AvgIpc) is 3.09. The molecule has 0 spiro atoms. The number of carbonyl (C=O) groups is 1. The van der Waals surface area contributed by atoms with Crippen molar-refractivity contribution in [3.05, 3.63) is 53.3 Å². The molecule has 2 heterocycles. The maximum Gasteiger partial charge on any atom is 0.264 e. The minimum absolute atomic E-state index is 0.116. The third-order valence-corrected chi connectivity index (χ3v) is 8.66. The first-order valence-corrected chi connectivity index (χ1v) is 12.1. The second-order valence-electron chi connectivity index (χ2n) is 8.62. The fourth-order valence-electron chi connectivity index (χ4n) is 4.81. The van der Waals surface area contributed by atoms with E-state index in [4.69, 9.17) is 0 Å². The van der Waals surface area contributed by atoms with E-state index in [9.17, 15) is 17.6 Å². The Kier molecular flexibility index (Phi) is 4.61. The van der Waals surface area contributed by atoms with Gasteiger partial charge in [-0.1, -0.05) is 6.42 Å². The molecule has 1 amide bonds. The van der Waals surface area contributed by atoms with E-state index in [2.05, 4.69) is 0 Å². The molecule has 0 radical (unpaired) electrons. The molecular formula is C23H25FN2O3S. The Morgan fingerprint density at radius 3 is 2.47 bits per heavy atom. The van der Waals surface area contributed by atoms with Crippen LogP contribution in [0.3, 0.4) is 0 Å². The predicted octanol–water partition coefficient (Wildman–Crippen LogP) is 4.04. The topological polar surface area (TPSA) is 57.7 Å². The summed E-state index contributed by atoms with van der Waals surface area (Å²) >= 11 is 0. The third kappa shape index (κ3) is 3.02. The first-order chi connectivity index (χ1) is 14.4. The molecule has 1 saturated carbocycles. The fraction of sp³-hybridized carbons (Fsp3) is 0.435. The lowest BCUT2D eigenvalue weighted by Crippen LogP contribution is -2.42. The number of amides is 1. The summed E-state index contributed by atoms with van der Waals surface area (Å²) in [6.45, 7) is 2.49. The number of nitrogens with zero attached hydrogens (tertiary/aromatic N) is 2. The molecule has 5 nitrogen and oxygen atoms in total. The minimum atomic E-state index is -3.80. The van der Waals surface area contributed by atoms with Crippen LogP contribution in [0, 0.1) is 11.7 Å². The van der Waals surface area contributed by atoms with Crippen LogP contribution in [0.15, 0.2) is 41.3 Å². The van der Waals surface area contributed by atoms with Gasteiger partial charge in [-0.3, -0.25) is 9.10 Å². The van der Waals surface area contributed by atoms with Crippen molar-refractivity contribution in [3.8, 4) is 0 Å². The number of hydrogen-bond donors (Lipinski definition) is 0. The highest BCUT2D eigenvalue weighted by atomic mass is 32.2. The summed E-state index contributed by atoms with van der Waals surface area (Å²) in [6, 6.07) is 9.17. The zero-order chi connectivity index (χ0) is 21.0. The Morgan fingerprint density at radius 2 is 1.73 bits per heavy atom. The average molecular weight is 429 g/mol. The standard InChI is InChI=1S/C23H25FN2O3S/c1-15-5-6-17-13-19(24)7-9-22(17)26(15)30(28,29)20-8-10-21-18(14-20)11-12-25(21)23(27)16-3-2-4-16/h7-10,13-16H,2-6,11-12H2,1H3. The second kappa shape index (κ2) is 7.08. The first kappa shape index (κ1) is 19.5. The minimum Gasteiger partial charge on any atom is -0.312 e. The zero-order valence-electron chi connectivity index (χ0n) is 17.0. The molecule has 158 valence electrons. The van der Waals surface area contributed by atoms with Gasteiger partial charge >= 0.3 is 0 Å². The Bertz CT molecular complexity index is 1130. The highest BCUT2D eigenvalue weighted by Gasteiger charge is 2.37. The molecule has 1 fully saturated rings. The Labute approximate surface area is 176 Å². The normalized spacial score (nSPS) is 21.2. The molecule has 0 aromatic heterocycles. The van der Waals surface area contributed by atoms with Gasteiger partial charge < -0.3 is 4.90 Å². The van der Waals surface area contributed by atoms with Gasteiger partial charge in [0.05, 0.1) is 10.6 Å². The van der Waals surface area contributed by atoms with Gasteiger partial charge in [0.15, 0.2) is 0 Å². The van der Waals surface area contributed by atoms with E-state index in [1.807, 2.05) is 11.8 Å². The maximum atomic E-state index is 13.7. The molecule has 5 rings (SSSR count). The summed E-state index contributed by atoms with van der Waals surface area (Å²) in [5, 5.41) is 0. The molecule has 1 unspecified atom stereocenters. The predicted molar refractivity (Wildman–Crippen MR) is 114 cm³/mol. The Balaban J connectivity index is 1.50. The highest BCUT2D eigenvalue weighted by Crippen LogP contribution is 2.39. The summed E-state index contributed by atoms with van der Waals surface area (Å²) in [7, 11) is -3.80. The van der Waals surface area contributed by atoms with Crippen molar-refractivity contribution < 1.29 is 17.6 Å². The van der Waals surface area contributed by atoms with Gasteiger partial charge in [-0.2, -0.15) is 0 Å². The van der Waals surface area contributed by atoms with E-state index in [1.165, 1.54) is 16.4 Å². The van der Waals surface area contributed by atoms with Gasteiger partial charge in [0.25, 0.3) is 10.0 Å². The summed E-state index contributed by atoms with van der Waals surface area (Å²) in [5.74, 6) is -0.0731. The number of anilines is 2. The van der Waals surface area contributed by atoms with Gasteiger partial charge in [0, 0.05) is 24.2 Å². The van der Waals surface area contributed by atoms with Crippen LogP contribution < -0.4 is 9.21 Å². The summed E-state index contributed by atoms with van der Waals surface area (Å²) in [5.41, 5.74) is 3.00. The number of rotatable bonds is 3. The molecule has 7 heteroatoms. The third-order valence-electron chi connectivity index (χ3n) is 6.73. The molecule has 1 aliphatic carbocycles. The first-order valence-electron chi connectivity index (χ1n) is 10.6. The Hall–Kier alpha value is -2.41. The molecular weight excluding hydrogens is 403 g/mol. The molecule has 3 aliphatic rings. The van der Waals surface area contributed by atoms with Crippen LogP contribution in [-0.2, 0) is 27.7 Å². The van der Waals surface area contributed by atoms with Crippen molar-refractivity contribution in [3.63, 3.8) is 0 Å². The number of aryl methyl sites for hydroxylation is 1. The number of fused-ring (bicyclic) bond motifs is 2. The molecule has 0 saturated heterocycles. The molecule has 1 atom stereocenters. The molecule has 0 bridgehead atoms. The van der Waals surface area contributed by atoms with Crippen LogP contribution in [-0.4, -0.2) is 26.9 Å². The molecule has 30 heavy (non-hydrogen) atoms. The van der Waals surface area contributed by atoms with Gasteiger partial charge in [-0.25, -0.2) is 12.8 Å². The summed E-state index contributed by atoms with van der Waals surface area (Å²) < 4.78 is 42.3. The van der Waals surface area contributed by atoms with Crippen molar-refractivity contribution in [1.82, 2.24) is 0 Å². The number of hydrogen-bond acceptors (Lipinski definition) is 3. The van der Waals surface area contributed by atoms with Crippen LogP contribution >= 0.6 is 0 Å². The number of sulfonamides is 1. The Morgan fingerprint density at radius 1 is 1.00 bits per heavy atom.